The fraction of sp³-hybridized carbons (Fsp3) is 0.500. The third-order valence-corrected chi connectivity index (χ3v) is 8.16. The Balaban J connectivity index is 1.69. The zero-order chi connectivity index (χ0) is 32.4. The fourth-order valence-electron chi connectivity index (χ4n) is 5.20. The molecule has 16 heteroatoms. The largest absolute Gasteiger partial charge is 0.455 e. The van der Waals surface area contributed by atoms with Gasteiger partial charge in [0.15, 0.2) is 0 Å². The molecule has 1 aliphatic rings. The van der Waals surface area contributed by atoms with Gasteiger partial charge in [-0.15, -0.1) is 0 Å². The average Bonchev–Trinajstić information content (AvgIpc) is 3.42. The second-order valence-electron chi connectivity index (χ2n) is 10.6. The third kappa shape index (κ3) is 7.51. The zero-order valence-electron chi connectivity index (χ0n) is 24.0. The molecule has 0 spiro atoms. The van der Waals surface area contributed by atoms with Crippen molar-refractivity contribution in [2.45, 2.75) is 51.4 Å². The minimum Gasteiger partial charge on any atom is -0.455 e. The average molecular weight is 652 g/mol. The number of rotatable bonds is 10. The van der Waals surface area contributed by atoms with Crippen molar-refractivity contribution < 1.29 is 35.2 Å². The van der Waals surface area contributed by atoms with E-state index in [4.69, 9.17) is 10.2 Å². The highest BCUT2D eigenvalue weighted by Gasteiger charge is 2.36. The molecule has 2 aromatic heterocycles. The van der Waals surface area contributed by atoms with Gasteiger partial charge in [0, 0.05) is 50.0 Å². The minimum atomic E-state index is -4.89. The standard InChI is InChI=1S/C28H32F7N5O3S/c1-17-24(38-11-9-37(10-12-38)15-19-6-7-23(43-19)28(33,34)35)25(41)40(14-18(36)8-13-44-2)26(42)39(17)16-20-21(27(30,31)32)4-3-5-22(20)29/h3-7,18H,8-16,36H2,1-2H3. The lowest BCUT2D eigenvalue weighted by molar-refractivity contribution is -0.153. The SMILES string of the molecule is CSCCC(N)Cn1c(=O)c(N2CCN(Cc3ccc(C(F)(F)F)o3)CC2)c(C)n(Cc2c(F)cccc2C(F)(F)F)c1=O. The van der Waals surface area contributed by atoms with E-state index >= 15 is 0 Å². The number of furan rings is 1. The van der Waals surface area contributed by atoms with Crippen LogP contribution in [0.3, 0.4) is 0 Å². The summed E-state index contributed by atoms with van der Waals surface area (Å²) in [7, 11) is 0. The minimum absolute atomic E-state index is 0.0552. The van der Waals surface area contributed by atoms with Gasteiger partial charge in [0.2, 0.25) is 5.76 Å². The van der Waals surface area contributed by atoms with Crippen molar-refractivity contribution in [3.63, 3.8) is 0 Å². The number of halogens is 7. The number of thioether (sulfide) groups is 1. The molecule has 242 valence electrons. The molecule has 1 aromatic carbocycles. The first kappa shape index (κ1) is 33.6. The van der Waals surface area contributed by atoms with Crippen molar-refractivity contribution in [3.05, 3.63) is 85.3 Å². The van der Waals surface area contributed by atoms with Gasteiger partial charge >= 0.3 is 18.0 Å². The molecule has 8 nitrogen and oxygen atoms in total. The molecular weight excluding hydrogens is 619 g/mol. The summed E-state index contributed by atoms with van der Waals surface area (Å²) in [6.07, 6.45) is -7.18. The maximum absolute atomic E-state index is 14.8. The van der Waals surface area contributed by atoms with Crippen molar-refractivity contribution in [1.82, 2.24) is 14.0 Å². The molecular formula is C28H32F7N5O3S. The Hall–Kier alpha value is -3.24. The molecule has 0 aliphatic carbocycles. The Morgan fingerprint density at radius 1 is 0.955 bits per heavy atom. The molecule has 1 aliphatic heterocycles. The van der Waals surface area contributed by atoms with Gasteiger partial charge in [-0.25, -0.2) is 9.18 Å². The molecule has 0 bridgehead atoms. The van der Waals surface area contributed by atoms with Gasteiger partial charge in [-0.3, -0.25) is 18.8 Å². The number of hydrogen-bond donors (Lipinski definition) is 1. The lowest BCUT2D eigenvalue weighted by Crippen LogP contribution is -2.52. The maximum Gasteiger partial charge on any atom is 0.449 e. The Morgan fingerprint density at radius 3 is 2.23 bits per heavy atom. The molecule has 1 atom stereocenters. The predicted octanol–water partition coefficient (Wildman–Crippen LogP) is 4.54. The molecule has 44 heavy (non-hydrogen) atoms. The summed E-state index contributed by atoms with van der Waals surface area (Å²) in [6, 6.07) is 4.01. The van der Waals surface area contributed by atoms with E-state index in [-0.39, 0.29) is 43.3 Å². The van der Waals surface area contributed by atoms with Crippen LogP contribution >= 0.6 is 11.8 Å². The van der Waals surface area contributed by atoms with E-state index in [0.29, 0.717) is 25.3 Å². The van der Waals surface area contributed by atoms with Crippen LogP contribution in [0.2, 0.25) is 0 Å². The van der Waals surface area contributed by atoms with Crippen LogP contribution in [-0.2, 0) is 32.0 Å². The maximum atomic E-state index is 14.8. The van der Waals surface area contributed by atoms with Crippen LogP contribution < -0.4 is 21.9 Å². The third-order valence-electron chi connectivity index (χ3n) is 7.52. The molecule has 0 saturated carbocycles. The molecule has 4 rings (SSSR count). The van der Waals surface area contributed by atoms with E-state index in [1.165, 1.54) is 24.8 Å². The number of hydrogen-bond acceptors (Lipinski definition) is 7. The molecule has 0 radical (unpaired) electrons. The van der Waals surface area contributed by atoms with Crippen LogP contribution in [0.5, 0.6) is 0 Å². The number of nitrogens with zero attached hydrogens (tertiary/aromatic N) is 4. The summed E-state index contributed by atoms with van der Waals surface area (Å²) in [6.45, 7) is 1.56. The van der Waals surface area contributed by atoms with E-state index in [1.807, 2.05) is 11.2 Å². The van der Waals surface area contributed by atoms with E-state index in [2.05, 4.69) is 0 Å². The highest BCUT2D eigenvalue weighted by molar-refractivity contribution is 7.98. The lowest BCUT2D eigenvalue weighted by Gasteiger charge is -2.36. The van der Waals surface area contributed by atoms with Crippen LogP contribution in [0.1, 0.15) is 34.8 Å². The highest BCUT2D eigenvalue weighted by atomic mass is 32.2. The quantitative estimate of drug-likeness (QED) is 0.322. The van der Waals surface area contributed by atoms with Gasteiger partial charge < -0.3 is 15.1 Å². The second-order valence-corrected chi connectivity index (χ2v) is 11.5. The monoisotopic (exact) mass is 651 g/mol. The molecule has 3 aromatic rings. The second kappa shape index (κ2) is 13.4. The highest BCUT2D eigenvalue weighted by Crippen LogP contribution is 2.34. The first-order chi connectivity index (χ1) is 20.6. The predicted molar refractivity (Wildman–Crippen MR) is 152 cm³/mol. The summed E-state index contributed by atoms with van der Waals surface area (Å²) < 4.78 is 102. The van der Waals surface area contributed by atoms with Gasteiger partial charge in [0.1, 0.15) is 17.3 Å². The molecule has 1 fully saturated rings. The van der Waals surface area contributed by atoms with Crippen molar-refractivity contribution >= 4 is 17.4 Å². The van der Waals surface area contributed by atoms with Gasteiger partial charge in [-0.2, -0.15) is 38.1 Å². The van der Waals surface area contributed by atoms with Crippen LogP contribution in [0.25, 0.3) is 0 Å². The lowest BCUT2D eigenvalue weighted by atomic mass is 10.1. The van der Waals surface area contributed by atoms with Crippen LogP contribution in [0.4, 0.5) is 36.4 Å². The van der Waals surface area contributed by atoms with Crippen LogP contribution in [0.15, 0.2) is 44.3 Å². The van der Waals surface area contributed by atoms with Gasteiger partial charge in [-0.05, 0) is 49.6 Å². The number of anilines is 1. The topological polar surface area (TPSA) is 89.6 Å². The Kier molecular flexibility index (Phi) is 10.2. The Bertz CT molecular complexity index is 1570. The van der Waals surface area contributed by atoms with Crippen LogP contribution in [-0.4, -0.2) is 58.3 Å². The molecule has 3 heterocycles. The summed E-state index contributed by atoms with van der Waals surface area (Å²) in [5, 5.41) is 0. The van der Waals surface area contributed by atoms with E-state index in [1.54, 1.807) is 4.90 Å². The number of alkyl halides is 6. The van der Waals surface area contributed by atoms with Gasteiger partial charge in [0.05, 0.1) is 18.7 Å². The van der Waals surface area contributed by atoms with Crippen molar-refractivity contribution in [2.75, 3.05) is 43.1 Å². The molecule has 1 unspecified atom stereocenters. The molecule has 2 N–H and O–H groups in total. The zero-order valence-corrected chi connectivity index (χ0v) is 24.8. The summed E-state index contributed by atoms with van der Waals surface area (Å²) >= 11 is 1.52. The first-order valence-corrected chi connectivity index (χ1v) is 15.1. The first-order valence-electron chi connectivity index (χ1n) is 13.7. The fourth-order valence-corrected chi connectivity index (χ4v) is 5.74. The molecule has 0 amide bonds. The normalized spacial score (nSPS) is 15.6. The number of benzene rings is 1. The number of nitrogens with two attached hydrogens (primary N) is 1. The summed E-state index contributed by atoms with van der Waals surface area (Å²) in [5.41, 5.74) is 2.74. The van der Waals surface area contributed by atoms with Crippen LogP contribution in [0, 0.1) is 12.7 Å². The van der Waals surface area contributed by atoms with Gasteiger partial charge in [-0.1, -0.05) is 6.07 Å². The number of aromatic nitrogens is 2. The van der Waals surface area contributed by atoms with E-state index in [0.717, 1.165) is 33.4 Å². The van der Waals surface area contributed by atoms with Gasteiger partial charge in [0.25, 0.3) is 5.56 Å². The summed E-state index contributed by atoms with van der Waals surface area (Å²) in [4.78, 5) is 30.8. The van der Waals surface area contributed by atoms with Crippen molar-refractivity contribution in [1.29, 1.82) is 0 Å². The Labute approximate surface area is 252 Å². The Morgan fingerprint density at radius 2 is 1.64 bits per heavy atom. The number of piperazine rings is 1. The van der Waals surface area contributed by atoms with E-state index < -0.39 is 58.9 Å². The van der Waals surface area contributed by atoms with Crippen molar-refractivity contribution in [3.8, 4) is 0 Å². The smallest absolute Gasteiger partial charge is 0.449 e. The van der Waals surface area contributed by atoms with Crippen molar-refractivity contribution in [2.24, 2.45) is 5.73 Å². The summed E-state index contributed by atoms with van der Waals surface area (Å²) in [5.74, 6) is -1.50. The molecule has 1 saturated heterocycles. The van der Waals surface area contributed by atoms with E-state index in [9.17, 15) is 40.3 Å².